The molecule has 28 heavy (non-hydrogen) atoms. The third-order valence-corrected chi connectivity index (χ3v) is 4.79. The van der Waals surface area contributed by atoms with Crippen LogP contribution in [-0.4, -0.2) is 21.1 Å². The van der Waals surface area contributed by atoms with E-state index in [0.717, 1.165) is 32.2 Å². The lowest BCUT2D eigenvalue weighted by Gasteiger charge is -2.11. The Labute approximate surface area is 170 Å². The topological polar surface area (TPSA) is 93.8 Å². The van der Waals surface area contributed by atoms with Gasteiger partial charge in [0, 0.05) is 33.6 Å². The number of carbonyl (C=O) groups is 1. The summed E-state index contributed by atoms with van der Waals surface area (Å²) in [6.45, 7) is 0. The predicted octanol–water partition coefficient (Wildman–Crippen LogP) is 4.22. The van der Waals surface area contributed by atoms with Crippen molar-refractivity contribution < 1.29 is 4.79 Å². The van der Waals surface area contributed by atoms with Crippen molar-refractivity contribution in [1.29, 1.82) is 0 Å². The molecule has 3 N–H and O–H groups in total. The van der Waals surface area contributed by atoms with E-state index in [2.05, 4.69) is 36.4 Å². The maximum Gasteiger partial charge on any atom is 0.267 e. The maximum atomic E-state index is 11.4. The third-order valence-electron chi connectivity index (χ3n) is 4.30. The van der Waals surface area contributed by atoms with E-state index < -0.39 is 5.91 Å². The summed E-state index contributed by atoms with van der Waals surface area (Å²) in [6, 6.07) is 19.4. The van der Waals surface area contributed by atoms with Crippen molar-refractivity contribution >= 4 is 44.1 Å². The minimum Gasteiger partial charge on any atom is -0.364 e. The first-order chi connectivity index (χ1) is 13.6. The lowest BCUT2D eigenvalue weighted by Crippen LogP contribution is -2.13. The van der Waals surface area contributed by atoms with Crippen LogP contribution < -0.4 is 11.1 Å². The zero-order valence-electron chi connectivity index (χ0n) is 14.8. The molecule has 0 atom stereocenters. The van der Waals surface area contributed by atoms with E-state index in [1.54, 1.807) is 12.3 Å². The first-order valence-electron chi connectivity index (χ1n) is 8.62. The van der Waals surface area contributed by atoms with E-state index in [-0.39, 0.29) is 5.69 Å². The Balaban J connectivity index is 1.71. The van der Waals surface area contributed by atoms with Crippen LogP contribution >= 0.6 is 15.9 Å². The molecule has 2 aromatic heterocycles. The Morgan fingerprint density at radius 3 is 2.61 bits per heavy atom. The molecule has 7 heteroatoms. The first-order valence-corrected chi connectivity index (χ1v) is 9.41. The highest BCUT2D eigenvalue weighted by Crippen LogP contribution is 2.27. The van der Waals surface area contributed by atoms with Gasteiger partial charge in [-0.3, -0.25) is 9.78 Å². The molecule has 0 unspecified atom stereocenters. The van der Waals surface area contributed by atoms with Crippen LogP contribution in [0.3, 0.4) is 0 Å². The van der Waals surface area contributed by atoms with E-state index in [9.17, 15) is 4.79 Å². The Bertz CT molecular complexity index is 1180. The average molecular weight is 434 g/mol. The van der Waals surface area contributed by atoms with Crippen molar-refractivity contribution in [3.8, 4) is 0 Å². The summed E-state index contributed by atoms with van der Waals surface area (Å²) in [7, 11) is 0. The van der Waals surface area contributed by atoms with Crippen LogP contribution in [0, 0.1) is 0 Å². The summed E-state index contributed by atoms with van der Waals surface area (Å²) in [5.41, 5.74) is 8.20. The van der Waals surface area contributed by atoms with Gasteiger partial charge in [0.15, 0.2) is 5.82 Å². The smallest absolute Gasteiger partial charge is 0.267 e. The van der Waals surface area contributed by atoms with Crippen LogP contribution in [0.2, 0.25) is 0 Å². The number of primary amides is 1. The number of nitrogens with zero attached hydrogens (tertiary/aromatic N) is 3. The molecule has 1 amide bonds. The number of anilines is 2. The number of aromatic nitrogens is 3. The van der Waals surface area contributed by atoms with E-state index in [1.807, 2.05) is 54.6 Å². The SMILES string of the molecule is NC(=O)c1cc(Cc2nnc(Nc3cccc(Br)c3)c3ccccc23)ccn1. The standard InChI is InChI=1S/C21H16BrN5O/c22-14-4-3-5-15(12-14)25-21-17-7-2-1-6-16(17)18(26-27-21)10-13-8-9-24-19(11-13)20(23)28/h1-9,11-12H,10H2,(H2,23,28)(H,25,27). The van der Waals surface area contributed by atoms with Gasteiger partial charge in [0.2, 0.25) is 0 Å². The molecule has 6 nitrogen and oxygen atoms in total. The molecular formula is C21H16BrN5O. The normalized spacial score (nSPS) is 10.8. The monoisotopic (exact) mass is 433 g/mol. The number of fused-ring (bicyclic) bond motifs is 1. The molecule has 0 spiro atoms. The van der Waals surface area contributed by atoms with E-state index >= 15 is 0 Å². The number of amides is 1. The zero-order valence-corrected chi connectivity index (χ0v) is 16.3. The van der Waals surface area contributed by atoms with Crippen molar-refractivity contribution in [2.45, 2.75) is 6.42 Å². The molecule has 0 fully saturated rings. The summed E-state index contributed by atoms with van der Waals surface area (Å²) < 4.78 is 0.981. The Morgan fingerprint density at radius 1 is 1.00 bits per heavy atom. The molecule has 0 bridgehead atoms. The van der Waals surface area contributed by atoms with Gasteiger partial charge in [0.05, 0.1) is 5.69 Å². The Hall–Kier alpha value is -3.32. The molecule has 0 aliphatic rings. The van der Waals surface area contributed by atoms with Crippen LogP contribution in [0.4, 0.5) is 11.5 Å². The number of hydrogen-bond acceptors (Lipinski definition) is 5. The van der Waals surface area contributed by atoms with Crippen molar-refractivity contribution in [3.63, 3.8) is 0 Å². The van der Waals surface area contributed by atoms with Gasteiger partial charge >= 0.3 is 0 Å². The van der Waals surface area contributed by atoms with Crippen molar-refractivity contribution in [1.82, 2.24) is 15.2 Å². The molecule has 0 radical (unpaired) electrons. The highest BCUT2D eigenvalue weighted by atomic mass is 79.9. The van der Waals surface area contributed by atoms with Gasteiger partial charge in [-0.1, -0.05) is 46.3 Å². The molecule has 0 aliphatic heterocycles. The number of pyridine rings is 1. The van der Waals surface area contributed by atoms with Crippen molar-refractivity contribution in [2.24, 2.45) is 5.73 Å². The molecule has 2 aromatic carbocycles. The quantitative estimate of drug-likeness (QED) is 0.491. The van der Waals surface area contributed by atoms with Crippen LogP contribution in [0.15, 0.2) is 71.3 Å². The number of nitrogens with one attached hydrogen (secondary N) is 1. The second-order valence-electron chi connectivity index (χ2n) is 6.27. The minimum atomic E-state index is -0.550. The Morgan fingerprint density at radius 2 is 1.82 bits per heavy atom. The number of hydrogen-bond donors (Lipinski definition) is 2. The summed E-state index contributed by atoms with van der Waals surface area (Å²) >= 11 is 3.48. The van der Waals surface area contributed by atoms with Gasteiger partial charge in [-0.25, -0.2) is 0 Å². The lowest BCUT2D eigenvalue weighted by molar-refractivity contribution is 0.0995. The van der Waals surface area contributed by atoms with E-state index in [0.29, 0.717) is 12.2 Å². The van der Waals surface area contributed by atoms with Crippen LogP contribution in [0.5, 0.6) is 0 Å². The van der Waals surface area contributed by atoms with Gasteiger partial charge in [0.25, 0.3) is 5.91 Å². The fourth-order valence-corrected chi connectivity index (χ4v) is 3.40. The maximum absolute atomic E-state index is 11.4. The molecule has 0 saturated carbocycles. The van der Waals surface area contributed by atoms with E-state index in [4.69, 9.17) is 5.73 Å². The summed E-state index contributed by atoms with van der Waals surface area (Å²) in [6.07, 6.45) is 2.10. The molecule has 4 aromatic rings. The van der Waals surface area contributed by atoms with Crippen molar-refractivity contribution in [2.75, 3.05) is 5.32 Å². The third kappa shape index (κ3) is 3.84. The average Bonchev–Trinajstić information content (AvgIpc) is 2.70. The van der Waals surface area contributed by atoms with Gasteiger partial charge in [-0.05, 0) is 35.9 Å². The van der Waals surface area contributed by atoms with Crippen LogP contribution in [0.1, 0.15) is 21.7 Å². The van der Waals surface area contributed by atoms with E-state index in [1.165, 1.54) is 0 Å². The van der Waals surface area contributed by atoms with Gasteiger partial charge in [-0.2, -0.15) is 5.10 Å². The van der Waals surface area contributed by atoms with Gasteiger partial charge in [-0.15, -0.1) is 5.10 Å². The zero-order chi connectivity index (χ0) is 19.5. The number of carbonyl (C=O) groups excluding carboxylic acids is 1. The van der Waals surface area contributed by atoms with Crippen molar-refractivity contribution in [3.05, 3.63) is 88.3 Å². The molecule has 4 rings (SSSR count). The van der Waals surface area contributed by atoms with Crippen LogP contribution in [0.25, 0.3) is 10.8 Å². The first kappa shape index (κ1) is 18.1. The summed E-state index contributed by atoms with van der Waals surface area (Å²) in [4.78, 5) is 15.4. The highest BCUT2D eigenvalue weighted by molar-refractivity contribution is 9.10. The number of rotatable bonds is 5. The molecule has 0 aliphatic carbocycles. The number of nitrogens with two attached hydrogens (primary N) is 1. The summed E-state index contributed by atoms with van der Waals surface area (Å²) in [5, 5.41) is 14.1. The van der Waals surface area contributed by atoms with Crippen LogP contribution in [-0.2, 0) is 6.42 Å². The number of halogens is 1. The second kappa shape index (κ2) is 7.74. The second-order valence-corrected chi connectivity index (χ2v) is 7.18. The number of benzene rings is 2. The molecule has 0 saturated heterocycles. The van der Waals surface area contributed by atoms with Gasteiger partial charge in [0.1, 0.15) is 5.69 Å². The minimum absolute atomic E-state index is 0.239. The summed E-state index contributed by atoms with van der Waals surface area (Å²) in [5.74, 6) is 0.136. The highest BCUT2D eigenvalue weighted by Gasteiger charge is 2.11. The Kier molecular flexibility index (Phi) is 4.99. The molecular weight excluding hydrogens is 418 g/mol. The van der Waals surface area contributed by atoms with Gasteiger partial charge < -0.3 is 11.1 Å². The molecule has 2 heterocycles. The lowest BCUT2D eigenvalue weighted by atomic mass is 10.0. The predicted molar refractivity (Wildman–Crippen MR) is 113 cm³/mol. The largest absolute Gasteiger partial charge is 0.364 e. The fourth-order valence-electron chi connectivity index (χ4n) is 3.00. The molecule has 138 valence electrons. The fraction of sp³-hybridized carbons (Fsp3) is 0.0476.